The van der Waals surface area contributed by atoms with Crippen molar-refractivity contribution in [1.29, 1.82) is 0 Å². The smallest absolute Gasteiger partial charge is 0.227 e. The van der Waals surface area contributed by atoms with E-state index in [9.17, 15) is 9.90 Å². The normalized spacial score (nSPS) is 27.0. The van der Waals surface area contributed by atoms with Crippen LogP contribution in [0.15, 0.2) is 0 Å². The van der Waals surface area contributed by atoms with Gasteiger partial charge in [0.2, 0.25) is 5.91 Å². The standard InChI is InChI=1S/C16H30N2O3/c1-14(2)3-5-16(20,6-4-14)12-18-13(19)15(11-17)7-9-21-10-8-15/h20H,3-12,17H2,1-2H3,(H,18,19). The van der Waals surface area contributed by atoms with Crippen LogP contribution < -0.4 is 11.1 Å². The van der Waals surface area contributed by atoms with Crippen LogP contribution in [0.4, 0.5) is 0 Å². The Bertz CT molecular complexity index is 366. The predicted molar refractivity (Wildman–Crippen MR) is 81.7 cm³/mol. The Kier molecular flexibility index (Phi) is 4.96. The van der Waals surface area contributed by atoms with E-state index in [1.165, 1.54) is 0 Å². The van der Waals surface area contributed by atoms with Gasteiger partial charge in [0.05, 0.1) is 11.0 Å². The van der Waals surface area contributed by atoms with Crippen molar-refractivity contribution in [2.75, 3.05) is 26.3 Å². The molecule has 0 atom stereocenters. The average Bonchev–Trinajstić information content (AvgIpc) is 2.49. The van der Waals surface area contributed by atoms with Gasteiger partial charge in [0.15, 0.2) is 0 Å². The van der Waals surface area contributed by atoms with Crippen LogP contribution in [0, 0.1) is 10.8 Å². The summed E-state index contributed by atoms with van der Waals surface area (Å²) in [5.41, 5.74) is 4.87. The first-order chi connectivity index (χ1) is 9.81. The first-order valence-electron chi connectivity index (χ1n) is 8.10. The lowest BCUT2D eigenvalue weighted by atomic mass is 9.71. The third kappa shape index (κ3) is 3.96. The van der Waals surface area contributed by atoms with Crippen LogP contribution >= 0.6 is 0 Å². The fraction of sp³-hybridized carbons (Fsp3) is 0.938. The highest BCUT2D eigenvalue weighted by Crippen LogP contribution is 2.40. The van der Waals surface area contributed by atoms with Gasteiger partial charge < -0.3 is 20.9 Å². The predicted octanol–water partition coefficient (Wildman–Crippen LogP) is 1.19. The molecule has 0 aromatic carbocycles. The molecule has 0 spiro atoms. The summed E-state index contributed by atoms with van der Waals surface area (Å²) in [6, 6.07) is 0. The molecule has 4 N–H and O–H groups in total. The molecule has 1 amide bonds. The fourth-order valence-corrected chi connectivity index (χ4v) is 3.29. The molecule has 0 aromatic heterocycles. The van der Waals surface area contributed by atoms with Crippen LogP contribution in [-0.2, 0) is 9.53 Å². The molecule has 122 valence electrons. The van der Waals surface area contributed by atoms with Crippen LogP contribution in [0.3, 0.4) is 0 Å². The van der Waals surface area contributed by atoms with Crippen molar-refractivity contribution >= 4 is 5.91 Å². The monoisotopic (exact) mass is 298 g/mol. The number of nitrogens with two attached hydrogens (primary N) is 1. The molecular weight excluding hydrogens is 268 g/mol. The molecule has 1 saturated carbocycles. The van der Waals surface area contributed by atoms with E-state index < -0.39 is 11.0 Å². The Morgan fingerprint density at radius 1 is 1.14 bits per heavy atom. The van der Waals surface area contributed by atoms with Gasteiger partial charge in [-0.25, -0.2) is 0 Å². The van der Waals surface area contributed by atoms with Crippen molar-refractivity contribution in [2.24, 2.45) is 16.6 Å². The zero-order valence-electron chi connectivity index (χ0n) is 13.4. The molecule has 5 nitrogen and oxygen atoms in total. The zero-order valence-corrected chi connectivity index (χ0v) is 13.4. The minimum absolute atomic E-state index is 0.0217. The van der Waals surface area contributed by atoms with E-state index in [4.69, 9.17) is 10.5 Å². The van der Waals surface area contributed by atoms with Crippen LogP contribution in [0.25, 0.3) is 0 Å². The van der Waals surface area contributed by atoms with Gasteiger partial charge in [-0.3, -0.25) is 4.79 Å². The SMILES string of the molecule is CC1(C)CCC(O)(CNC(=O)C2(CN)CCOCC2)CC1. The molecule has 0 radical (unpaired) electrons. The summed E-state index contributed by atoms with van der Waals surface area (Å²) in [4.78, 5) is 12.5. The molecule has 0 unspecified atom stereocenters. The third-order valence-corrected chi connectivity index (χ3v) is 5.43. The number of rotatable bonds is 4. The van der Waals surface area contributed by atoms with Gasteiger partial charge in [0, 0.05) is 26.3 Å². The minimum atomic E-state index is -0.758. The lowest BCUT2D eigenvalue weighted by Crippen LogP contribution is -2.53. The Hall–Kier alpha value is -0.650. The second kappa shape index (κ2) is 6.23. The van der Waals surface area contributed by atoms with E-state index in [1.807, 2.05) is 0 Å². The second-order valence-electron chi connectivity index (χ2n) is 7.67. The first kappa shape index (κ1) is 16.7. The van der Waals surface area contributed by atoms with Crippen molar-refractivity contribution in [2.45, 2.75) is 58.0 Å². The van der Waals surface area contributed by atoms with E-state index in [2.05, 4.69) is 19.2 Å². The van der Waals surface area contributed by atoms with E-state index >= 15 is 0 Å². The highest BCUT2D eigenvalue weighted by molar-refractivity contribution is 5.83. The topological polar surface area (TPSA) is 84.6 Å². The number of carbonyl (C=O) groups is 1. The van der Waals surface area contributed by atoms with Crippen molar-refractivity contribution in [3.8, 4) is 0 Å². The molecule has 2 fully saturated rings. The number of hydrogen-bond acceptors (Lipinski definition) is 4. The quantitative estimate of drug-likeness (QED) is 0.728. The van der Waals surface area contributed by atoms with Gasteiger partial charge in [-0.2, -0.15) is 0 Å². The highest BCUT2D eigenvalue weighted by atomic mass is 16.5. The summed E-state index contributed by atoms with van der Waals surface area (Å²) >= 11 is 0. The van der Waals surface area contributed by atoms with Crippen LogP contribution in [0.5, 0.6) is 0 Å². The molecule has 0 bridgehead atoms. The molecule has 2 rings (SSSR count). The molecule has 21 heavy (non-hydrogen) atoms. The molecule has 1 saturated heterocycles. The molecule has 0 aromatic rings. The van der Waals surface area contributed by atoms with Gasteiger partial charge in [0.25, 0.3) is 0 Å². The highest BCUT2D eigenvalue weighted by Gasteiger charge is 2.41. The molecule has 1 heterocycles. The Morgan fingerprint density at radius 2 is 1.71 bits per heavy atom. The summed E-state index contributed by atoms with van der Waals surface area (Å²) < 4.78 is 5.33. The Labute approximate surface area is 127 Å². The van der Waals surface area contributed by atoms with E-state index in [0.717, 1.165) is 25.7 Å². The maximum absolute atomic E-state index is 12.5. The molecule has 5 heteroatoms. The van der Waals surface area contributed by atoms with Crippen LogP contribution in [-0.4, -0.2) is 42.9 Å². The molecule has 2 aliphatic rings. The average molecular weight is 298 g/mol. The summed E-state index contributed by atoms with van der Waals surface area (Å²) in [5.74, 6) is -0.0217. The Morgan fingerprint density at radius 3 is 2.24 bits per heavy atom. The second-order valence-corrected chi connectivity index (χ2v) is 7.67. The number of amides is 1. The number of ether oxygens (including phenoxy) is 1. The summed E-state index contributed by atoms with van der Waals surface area (Å²) in [6.45, 7) is 6.32. The first-order valence-corrected chi connectivity index (χ1v) is 8.10. The number of carbonyl (C=O) groups excluding carboxylic acids is 1. The summed E-state index contributed by atoms with van der Waals surface area (Å²) in [5, 5.41) is 13.6. The summed E-state index contributed by atoms with van der Waals surface area (Å²) in [6.07, 6.45) is 4.82. The molecule has 1 aliphatic heterocycles. The lowest BCUT2D eigenvalue weighted by molar-refractivity contribution is -0.137. The largest absolute Gasteiger partial charge is 0.388 e. The van der Waals surface area contributed by atoms with E-state index in [0.29, 0.717) is 44.6 Å². The van der Waals surface area contributed by atoms with Crippen LogP contribution in [0.1, 0.15) is 52.4 Å². The van der Waals surface area contributed by atoms with Crippen molar-refractivity contribution < 1.29 is 14.6 Å². The molecule has 1 aliphatic carbocycles. The van der Waals surface area contributed by atoms with Crippen LogP contribution in [0.2, 0.25) is 0 Å². The van der Waals surface area contributed by atoms with Gasteiger partial charge in [-0.15, -0.1) is 0 Å². The van der Waals surface area contributed by atoms with Gasteiger partial charge in [-0.05, 0) is 43.9 Å². The van der Waals surface area contributed by atoms with Crippen molar-refractivity contribution in [1.82, 2.24) is 5.32 Å². The number of nitrogens with one attached hydrogen (secondary N) is 1. The Balaban J connectivity index is 1.88. The van der Waals surface area contributed by atoms with Gasteiger partial charge in [0.1, 0.15) is 0 Å². The third-order valence-electron chi connectivity index (χ3n) is 5.43. The van der Waals surface area contributed by atoms with Gasteiger partial charge in [-0.1, -0.05) is 13.8 Å². The van der Waals surface area contributed by atoms with Crippen molar-refractivity contribution in [3.05, 3.63) is 0 Å². The molecular formula is C16H30N2O3. The van der Waals surface area contributed by atoms with E-state index in [-0.39, 0.29) is 5.91 Å². The summed E-state index contributed by atoms with van der Waals surface area (Å²) in [7, 11) is 0. The van der Waals surface area contributed by atoms with Crippen molar-refractivity contribution in [3.63, 3.8) is 0 Å². The number of aliphatic hydroxyl groups is 1. The number of hydrogen-bond donors (Lipinski definition) is 3. The maximum Gasteiger partial charge on any atom is 0.227 e. The lowest BCUT2D eigenvalue weighted by Gasteiger charge is -2.41. The fourth-order valence-electron chi connectivity index (χ4n) is 3.29. The minimum Gasteiger partial charge on any atom is -0.388 e. The zero-order chi connectivity index (χ0) is 15.6. The van der Waals surface area contributed by atoms with Gasteiger partial charge >= 0.3 is 0 Å². The maximum atomic E-state index is 12.5. The van der Waals surface area contributed by atoms with E-state index in [1.54, 1.807) is 0 Å².